The number of carbonyl (C=O) groups excluding carboxylic acids is 1. The van der Waals surface area contributed by atoms with Gasteiger partial charge in [0.05, 0.1) is 29.8 Å². The van der Waals surface area contributed by atoms with Crippen molar-refractivity contribution in [1.82, 2.24) is 9.55 Å². The van der Waals surface area contributed by atoms with Crippen LogP contribution in [0.1, 0.15) is 32.4 Å². The summed E-state index contributed by atoms with van der Waals surface area (Å²) in [6.07, 6.45) is 0. The van der Waals surface area contributed by atoms with E-state index in [0.717, 1.165) is 41.3 Å². The minimum atomic E-state index is -0.337. The summed E-state index contributed by atoms with van der Waals surface area (Å²) in [6.45, 7) is 8.09. The molecule has 1 atom stereocenters. The molecule has 1 aliphatic rings. The van der Waals surface area contributed by atoms with Gasteiger partial charge in [-0.15, -0.1) is 0 Å². The highest BCUT2D eigenvalue weighted by atomic mass is 16.5. The summed E-state index contributed by atoms with van der Waals surface area (Å²) in [4.78, 5) is 19.8. The lowest BCUT2D eigenvalue weighted by molar-refractivity contribution is -0.136. The zero-order valence-corrected chi connectivity index (χ0v) is 17.3. The summed E-state index contributed by atoms with van der Waals surface area (Å²) < 4.78 is 7.22. The van der Waals surface area contributed by atoms with Crippen molar-refractivity contribution in [3.8, 4) is 0 Å². The number of carbonyl (C=O) groups is 1. The molecule has 2 heterocycles. The van der Waals surface area contributed by atoms with Gasteiger partial charge in [0, 0.05) is 24.5 Å². The topological polar surface area (TPSA) is 59.4 Å². The second-order valence-electron chi connectivity index (χ2n) is 7.12. The third kappa shape index (κ3) is 3.14. The Bertz CT molecular complexity index is 1080. The molecule has 0 saturated heterocycles. The van der Waals surface area contributed by atoms with Crippen LogP contribution in [-0.4, -0.2) is 35.7 Å². The number of rotatable bonds is 5. The van der Waals surface area contributed by atoms with E-state index in [9.17, 15) is 4.79 Å². The number of ether oxygens (including phenoxy) is 1. The Kier molecular flexibility index (Phi) is 5.01. The van der Waals surface area contributed by atoms with Crippen LogP contribution in [0.5, 0.6) is 0 Å². The molecule has 0 fully saturated rings. The molecule has 0 saturated carbocycles. The van der Waals surface area contributed by atoms with Crippen LogP contribution in [0.15, 0.2) is 59.8 Å². The molecular weight excluding hydrogens is 364 g/mol. The average Bonchev–Trinajstić information content (AvgIpc) is 3.11. The number of hydrogen-bond donors (Lipinski definition) is 1. The molecule has 0 spiro atoms. The van der Waals surface area contributed by atoms with Crippen molar-refractivity contribution in [2.45, 2.75) is 26.8 Å². The van der Waals surface area contributed by atoms with Gasteiger partial charge in [-0.3, -0.25) is 4.57 Å². The lowest BCUT2D eigenvalue weighted by atomic mass is 9.94. The molecule has 29 heavy (non-hydrogen) atoms. The predicted octanol–water partition coefficient (Wildman–Crippen LogP) is 4.34. The van der Waals surface area contributed by atoms with Gasteiger partial charge < -0.3 is 15.0 Å². The number of benzene rings is 2. The summed E-state index contributed by atoms with van der Waals surface area (Å²) in [5.74, 6) is 0.394. The van der Waals surface area contributed by atoms with Crippen LogP contribution in [0.3, 0.4) is 0 Å². The van der Waals surface area contributed by atoms with Gasteiger partial charge >= 0.3 is 5.97 Å². The number of aromatic nitrogens is 2. The Hall–Kier alpha value is -3.28. The van der Waals surface area contributed by atoms with Crippen LogP contribution in [0.4, 0.5) is 11.6 Å². The lowest BCUT2D eigenvalue weighted by Crippen LogP contribution is -2.28. The van der Waals surface area contributed by atoms with Crippen LogP contribution in [0.2, 0.25) is 0 Å². The predicted molar refractivity (Wildman–Crippen MR) is 116 cm³/mol. The number of nitrogens with one attached hydrogen (secondary N) is 1. The molecular formula is C23H26N4O2. The van der Waals surface area contributed by atoms with Crippen molar-refractivity contribution >= 4 is 28.6 Å². The van der Waals surface area contributed by atoms with Gasteiger partial charge in [0.1, 0.15) is 0 Å². The quantitative estimate of drug-likeness (QED) is 0.657. The standard InChI is InChI=1S/C23H26N4O2/c1-5-26(6-2)17-13-11-16(12-14-17)21-20(22(28)29-4)15(3)24-23-25-18-9-7-8-10-19(18)27(21)23/h7-14,21H,5-6H2,1-4H3,(H,24,25). The van der Waals surface area contributed by atoms with E-state index >= 15 is 0 Å². The van der Waals surface area contributed by atoms with Gasteiger partial charge in [-0.1, -0.05) is 24.3 Å². The number of allylic oxidation sites excluding steroid dienone is 1. The minimum Gasteiger partial charge on any atom is -0.466 e. The Morgan fingerprint density at radius 2 is 1.83 bits per heavy atom. The summed E-state index contributed by atoms with van der Waals surface area (Å²) >= 11 is 0. The molecule has 1 N–H and O–H groups in total. The summed E-state index contributed by atoms with van der Waals surface area (Å²) in [5, 5.41) is 3.28. The summed E-state index contributed by atoms with van der Waals surface area (Å²) in [7, 11) is 1.42. The van der Waals surface area contributed by atoms with Crippen molar-refractivity contribution < 1.29 is 9.53 Å². The number of fused-ring (bicyclic) bond motifs is 3. The maximum absolute atomic E-state index is 12.7. The molecule has 6 heteroatoms. The van der Waals surface area contributed by atoms with Crippen LogP contribution in [0.25, 0.3) is 11.0 Å². The first-order valence-corrected chi connectivity index (χ1v) is 9.97. The first-order chi connectivity index (χ1) is 14.1. The molecule has 0 aliphatic carbocycles. The molecule has 0 amide bonds. The normalized spacial score (nSPS) is 15.8. The molecule has 4 rings (SSSR count). The first kappa shape index (κ1) is 19.1. The lowest BCUT2D eigenvalue weighted by Gasteiger charge is -2.30. The van der Waals surface area contributed by atoms with Crippen LogP contribution in [0, 0.1) is 0 Å². The fraction of sp³-hybridized carbons (Fsp3) is 0.304. The van der Waals surface area contributed by atoms with E-state index in [1.807, 2.05) is 31.2 Å². The van der Waals surface area contributed by atoms with E-state index in [2.05, 4.69) is 52.9 Å². The first-order valence-electron chi connectivity index (χ1n) is 9.97. The van der Waals surface area contributed by atoms with Crippen molar-refractivity contribution in [1.29, 1.82) is 0 Å². The van der Waals surface area contributed by atoms with E-state index < -0.39 is 0 Å². The molecule has 1 aromatic heterocycles. The fourth-order valence-electron chi connectivity index (χ4n) is 4.11. The number of para-hydroxylation sites is 2. The van der Waals surface area contributed by atoms with Gasteiger partial charge in [-0.25, -0.2) is 9.78 Å². The zero-order chi connectivity index (χ0) is 20.5. The maximum Gasteiger partial charge on any atom is 0.337 e. The molecule has 150 valence electrons. The Labute approximate surface area is 170 Å². The molecule has 6 nitrogen and oxygen atoms in total. The Morgan fingerprint density at radius 3 is 2.48 bits per heavy atom. The molecule has 1 unspecified atom stereocenters. The maximum atomic E-state index is 12.7. The number of nitrogens with zero attached hydrogens (tertiary/aromatic N) is 3. The van der Waals surface area contributed by atoms with Gasteiger partial charge in [-0.2, -0.15) is 0 Å². The second kappa shape index (κ2) is 7.62. The largest absolute Gasteiger partial charge is 0.466 e. The average molecular weight is 390 g/mol. The summed E-state index contributed by atoms with van der Waals surface area (Å²) in [6, 6.07) is 16.1. The molecule has 1 aliphatic heterocycles. The van der Waals surface area contributed by atoms with Crippen molar-refractivity contribution in [2.75, 3.05) is 30.4 Å². The SMILES string of the molecule is CCN(CC)c1ccc(C2C(C(=O)OC)=C(C)Nc3nc4ccccc4n32)cc1. The highest BCUT2D eigenvalue weighted by Crippen LogP contribution is 2.39. The minimum absolute atomic E-state index is 0.308. The number of anilines is 2. The Morgan fingerprint density at radius 1 is 1.14 bits per heavy atom. The van der Waals surface area contributed by atoms with Gasteiger partial charge in [0.25, 0.3) is 0 Å². The highest BCUT2D eigenvalue weighted by Gasteiger charge is 2.34. The van der Waals surface area contributed by atoms with Crippen molar-refractivity contribution in [3.63, 3.8) is 0 Å². The van der Waals surface area contributed by atoms with E-state index in [-0.39, 0.29) is 12.0 Å². The highest BCUT2D eigenvalue weighted by molar-refractivity contribution is 5.94. The Balaban J connectivity index is 1.89. The molecule has 3 aromatic rings. The van der Waals surface area contributed by atoms with E-state index in [1.165, 1.54) is 12.8 Å². The second-order valence-corrected chi connectivity index (χ2v) is 7.12. The van der Waals surface area contributed by atoms with Crippen LogP contribution in [-0.2, 0) is 9.53 Å². The fourth-order valence-corrected chi connectivity index (χ4v) is 4.11. The molecule has 0 radical (unpaired) electrons. The van der Waals surface area contributed by atoms with Gasteiger partial charge in [-0.05, 0) is 50.6 Å². The molecule has 0 bridgehead atoms. The number of imidazole rings is 1. The van der Waals surface area contributed by atoms with E-state index in [1.54, 1.807) is 0 Å². The number of methoxy groups -OCH3 is 1. The monoisotopic (exact) mass is 390 g/mol. The van der Waals surface area contributed by atoms with Crippen molar-refractivity contribution in [2.24, 2.45) is 0 Å². The number of esters is 1. The van der Waals surface area contributed by atoms with Crippen LogP contribution < -0.4 is 10.2 Å². The van der Waals surface area contributed by atoms with Gasteiger partial charge in [0.2, 0.25) is 5.95 Å². The number of hydrogen-bond acceptors (Lipinski definition) is 5. The smallest absolute Gasteiger partial charge is 0.337 e. The van der Waals surface area contributed by atoms with Gasteiger partial charge in [0.15, 0.2) is 0 Å². The van der Waals surface area contributed by atoms with E-state index in [4.69, 9.17) is 9.72 Å². The van der Waals surface area contributed by atoms with Crippen molar-refractivity contribution in [3.05, 3.63) is 65.4 Å². The van der Waals surface area contributed by atoms with E-state index in [0.29, 0.717) is 5.57 Å². The zero-order valence-electron chi connectivity index (χ0n) is 17.3. The molecule has 2 aromatic carbocycles. The van der Waals surface area contributed by atoms with Crippen LogP contribution >= 0.6 is 0 Å². The summed E-state index contributed by atoms with van der Waals surface area (Å²) in [5.41, 5.74) is 5.41. The third-order valence-electron chi connectivity index (χ3n) is 5.57. The third-order valence-corrected chi connectivity index (χ3v) is 5.57.